The first-order valence-electron chi connectivity index (χ1n) is 9.73. The molecule has 0 aliphatic heterocycles. The van der Waals surface area contributed by atoms with Crippen LogP contribution in [0.15, 0.2) is 0 Å². The third kappa shape index (κ3) is 13.5. The molecule has 0 rings (SSSR count). The average Bonchev–Trinajstić information content (AvgIpc) is 2.53. The van der Waals surface area contributed by atoms with Crippen LogP contribution in [0.4, 0.5) is 4.79 Å². The topological polar surface area (TPSA) is 96.5 Å². The van der Waals surface area contributed by atoms with Gasteiger partial charge in [0, 0.05) is 13.1 Å². The molecule has 152 valence electrons. The van der Waals surface area contributed by atoms with Crippen LogP contribution in [0.25, 0.3) is 0 Å². The largest absolute Gasteiger partial charge is 0.444 e. The molecular formula is C19H37N3O4. The van der Waals surface area contributed by atoms with Crippen molar-refractivity contribution in [2.24, 2.45) is 0 Å². The summed E-state index contributed by atoms with van der Waals surface area (Å²) in [6.07, 6.45) is 5.13. The van der Waals surface area contributed by atoms with Crippen molar-refractivity contribution < 1.29 is 19.1 Å². The average molecular weight is 372 g/mol. The molecule has 0 unspecified atom stereocenters. The fourth-order valence-electron chi connectivity index (χ4n) is 2.23. The van der Waals surface area contributed by atoms with Gasteiger partial charge in [0.15, 0.2) is 0 Å². The van der Waals surface area contributed by atoms with Crippen LogP contribution in [-0.2, 0) is 14.3 Å². The first-order valence-corrected chi connectivity index (χ1v) is 9.73. The van der Waals surface area contributed by atoms with Crippen molar-refractivity contribution >= 4 is 17.9 Å². The van der Waals surface area contributed by atoms with Gasteiger partial charge < -0.3 is 20.7 Å². The molecular weight excluding hydrogens is 334 g/mol. The van der Waals surface area contributed by atoms with E-state index in [9.17, 15) is 14.4 Å². The van der Waals surface area contributed by atoms with Crippen molar-refractivity contribution in [1.82, 2.24) is 16.0 Å². The Morgan fingerprint density at radius 2 is 1.42 bits per heavy atom. The third-order valence-corrected chi connectivity index (χ3v) is 3.58. The second kappa shape index (κ2) is 13.4. The van der Waals surface area contributed by atoms with Crippen molar-refractivity contribution in [3.63, 3.8) is 0 Å². The second-order valence-electron chi connectivity index (χ2n) is 7.46. The van der Waals surface area contributed by atoms with E-state index in [2.05, 4.69) is 29.8 Å². The fourth-order valence-corrected chi connectivity index (χ4v) is 2.23. The van der Waals surface area contributed by atoms with Crippen molar-refractivity contribution in [3.05, 3.63) is 0 Å². The van der Waals surface area contributed by atoms with E-state index in [1.807, 2.05) is 0 Å². The van der Waals surface area contributed by atoms with Gasteiger partial charge >= 0.3 is 6.09 Å². The van der Waals surface area contributed by atoms with E-state index in [4.69, 9.17) is 4.74 Å². The molecule has 0 saturated heterocycles. The number of hydrogen-bond acceptors (Lipinski definition) is 4. The first-order chi connectivity index (χ1) is 12.2. The molecule has 0 bridgehead atoms. The Morgan fingerprint density at radius 1 is 0.885 bits per heavy atom. The molecule has 0 aromatic carbocycles. The summed E-state index contributed by atoms with van der Waals surface area (Å²) in [6, 6.07) is -0.947. The SMILES string of the molecule is CCCCCNC(=O)C[C@H](NC(=O)OC(C)(C)C)C(=O)NCCCCC. The highest BCUT2D eigenvalue weighted by molar-refractivity contribution is 5.90. The molecule has 26 heavy (non-hydrogen) atoms. The molecule has 0 fully saturated rings. The number of nitrogens with one attached hydrogen (secondary N) is 3. The molecule has 7 heteroatoms. The summed E-state index contributed by atoms with van der Waals surface area (Å²) in [5.74, 6) is -0.624. The van der Waals surface area contributed by atoms with E-state index in [0.29, 0.717) is 13.1 Å². The number of ether oxygens (including phenoxy) is 1. The number of alkyl carbamates (subject to hydrolysis) is 1. The molecule has 3 amide bonds. The minimum atomic E-state index is -0.947. The number of unbranched alkanes of at least 4 members (excludes halogenated alkanes) is 4. The quantitative estimate of drug-likeness (QED) is 0.460. The Bertz CT molecular complexity index is 433. The minimum absolute atomic E-state index is 0.106. The van der Waals surface area contributed by atoms with Crippen molar-refractivity contribution in [2.45, 2.75) is 91.2 Å². The standard InChI is InChI=1S/C19H37N3O4/c1-6-8-10-12-20-16(23)14-15(17(24)21-13-11-9-7-2)22-18(25)26-19(3,4)5/h15H,6-14H2,1-5H3,(H,20,23)(H,21,24)(H,22,25)/t15-/m0/s1. The molecule has 0 aliphatic rings. The van der Waals surface area contributed by atoms with Gasteiger partial charge in [0.2, 0.25) is 11.8 Å². The van der Waals surface area contributed by atoms with Gasteiger partial charge in [-0.3, -0.25) is 9.59 Å². The highest BCUT2D eigenvalue weighted by Gasteiger charge is 2.26. The Morgan fingerprint density at radius 3 is 1.92 bits per heavy atom. The van der Waals surface area contributed by atoms with Crippen LogP contribution in [0.3, 0.4) is 0 Å². The molecule has 0 aliphatic carbocycles. The van der Waals surface area contributed by atoms with Crippen LogP contribution >= 0.6 is 0 Å². The highest BCUT2D eigenvalue weighted by Crippen LogP contribution is 2.07. The van der Waals surface area contributed by atoms with E-state index in [-0.39, 0.29) is 18.2 Å². The van der Waals surface area contributed by atoms with Gasteiger partial charge in [-0.2, -0.15) is 0 Å². The molecule has 0 radical (unpaired) electrons. The summed E-state index contributed by atoms with van der Waals surface area (Å²) in [5, 5.41) is 8.08. The maximum absolute atomic E-state index is 12.4. The Kier molecular flexibility index (Phi) is 12.5. The molecule has 0 saturated carbocycles. The summed E-state index contributed by atoms with van der Waals surface area (Å²) in [4.78, 5) is 36.4. The highest BCUT2D eigenvalue weighted by atomic mass is 16.6. The molecule has 7 nitrogen and oxygen atoms in total. The second-order valence-corrected chi connectivity index (χ2v) is 7.46. The lowest BCUT2D eigenvalue weighted by atomic mass is 10.1. The van der Waals surface area contributed by atoms with E-state index >= 15 is 0 Å². The maximum atomic E-state index is 12.4. The Labute approximate surface area is 158 Å². The van der Waals surface area contributed by atoms with Crippen LogP contribution in [0.5, 0.6) is 0 Å². The van der Waals surface area contributed by atoms with Gasteiger partial charge in [-0.05, 0) is 33.6 Å². The molecule has 0 spiro atoms. The zero-order chi connectivity index (χ0) is 20.0. The van der Waals surface area contributed by atoms with E-state index in [0.717, 1.165) is 38.5 Å². The summed E-state index contributed by atoms with van der Waals surface area (Å²) in [5.41, 5.74) is -0.672. The van der Waals surface area contributed by atoms with Crippen molar-refractivity contribution in [2.75, 3.05) is 13.1 Å². The lowest BCUT2D eigenvalue weighted by Crippen LogP contribution is -2.50. The molecule has 3 N–H and O–H groups in total. The Hall–Kier alpha value is -1.79. The van der Waals surface area contributed by atoms with Gasteiger partial charge in [0.25, 0.3) is 0 Å². The number of amides is 3. The molecule has 1 atom stereocenters. The molecule has 0 heterocycles. The first kappa shape index (κ1) is 24.2. The van der Waals surface area contributed by atoms with Crippen molar-refractivity contribution in [1.29, 1.82) is 0 Å². The zero-order valence-corrected chi connectivity index (χ0v) is 17.1. The molecule has 0 aromatic rings. The lowest BCUT2D eigenvalue weighted by molar-refractivity contribution is -0.128. The predicted octanol–water partition coefficient (Wildman–Crippen LogP) is 2.88. The van der Waals surface area contributed by atoms with Gasteiger partial charge in [-0.1, -0.05) is 39.5 Å². The van der Waals surface area contributed by atoms with Gasteiger partial charge in [-0.25, -0.2) is 4.79 Å². The minimum Gasteiger partial charge on any atom is -0.444 e. The summed E-state index contributed by atoms with van der Waals surface area (Å²) in [6.45, 7) is 10.5. The van der Waals surface area contributed by atoms with Gasteiger partial charge in [0.05, 0.1) is 6.42 Å². The van der Waals surface area contributed by atoms with E-state index in [1.165, 1.54) is 0 Å². The summed E-state index contributed by atoms with van der Waals surface area (Å²) in [7, 11) is 0. The van der Waals surface area contributed by atoms with Gasteiger partial charge in [-0.15, -0.1) is 0 Å². The summed E-state index contributed by atoms with van der Waals surface area (Å²) < 4.78 is 5.19. The maximum Gasteiger partial charge on any atom is 0.408 e. The van der Waals surface area contributed by atoms with Crippen molar-refractivity contribution in [3.8, 4) is 0 Å². The van der Waals surface area contributed by atoms with Crippen LogP contribution in [0, 0.1) is 0 Å². The zero-order valence-electron chi connectivity index (χ0n) is 17.1. The van der Waals surface area contributed by atoms with E-state index in [1.54, 1.807) is 20.8 Å². The fraction of sp³-hybridized carbons (Fsp3) is 0.842. The normalized spacial score (nSPS) is 12.2. The van der Waals surface area contributed by atoms with Gasteiger partial charge in [0.1, 0.15) is 11.6 Å². The lowest BCUT2D eigenvalue weighted by Gasteiger charge is -2.23. The Balaban J connectivity index is 4.63. The number of rotatable bonds is 12. The van der Waals surface area contributed by atoms with Crippen LogP contribution < -0.4 is 16.0 Å². The predicted molar refractivity (Wildman–Crippen MR) is 103 cm³/mol. The third-order valence-electron chi connectivity index (χ3n) is 3.58. The smallest absolute Gasteiger partial charge is 0.408 e. The molecule has 0 aromatic heterocycles. The number of carbonyl (C=O) groups is 3. The van der Waals surface area contributed by atoms with E-state index < -0.39 is 17.7 Å². The van der Waals surface area contributed by atoms with Crippen LogP contribution in [-0.4, -0.2) is 42.6 Å². The summed E-state index contributed by atoms with van der Waals surface area (Å²) >= 11 is 0. The van der Waals surface area contributed by atoms with Crippen LogP contribution in [0.1, 0.15) is 79.6 Å². The number of hydrogen-bond donors (Lipinski definition) is 3. The number of carbonyl (C=O) groups excluding carboxylic acids is 3. The monoisotopic (exact) mass is 371 g/mol. The van der Waals surface area contributed by atoms with Crippen LogP contribution in [0.2, 0.25) is 0 Å².